The molecule has 0 aliphatic carbocycles. The predicted molar refractivity (Wildman–Crippen MR) is 111 cm³/mol. The smallest absolute Gasteiger partial charge is 0.254 e. The summed E-state index contributed by atoms with van der Waals surface area (Å²) in [5, 5.41) is 0. The van der Waals surface area contributed by atoms with E-state index in [1.807, 2.05) is 0 Å². The molecule has 1 saturated heterocycles. The SMILES string of the molecule is O=C(c1ccccc1)c1ccc(N2CCN(C(=O)c3ccc(F)c(F)c3)CC2)c(F)c1. The molecule has 1 aliphatic heterocycles. The summed E-state index contributed by atoms with van der Waals surface area (Å²) in [6.07, 6.45) is 0. The average Bonchev–Trinajstić information content (AvgIpc) is 2.80. The summed E-state index contributed by atoms with van der Waals surface area (Å²) in [5.74, 6) is -3.25. The molecule has 0 saturated carbocycles. The van der Waals surface area contributed by atoms with Gasteiger partial charge < -0.3 is 9.80 Å². The molecule has 0 radical (unpaired) electrons. The maximum Gasteiger partial charge on any atom is 0.254 e. The zero-order valence-electron chi connectivity index (χ0n) is 16.5. The number of piperazine rings is 1. The highest BCUT2D eigenvalue weighted by Crippen LogP contribution is 2.24. The summed E-state index contributed by atoms with van der Waals surface area (Å²) < 4.78 is 41.3. The second-order valence-corrected chi connectivity index (χ2v) is 7.27. The van der Waals surface area contributed by atoms with E-state index in [4.69, 9.17) is 0 Å². The fraction of sp³-hybridized carbons (Fsp3) is 0.167. The molecule has 4 nitrogen and oxygen atoms in total. The fourth-order valence-electron chi connectivity index (χ4n) is 3.62. The standard InChI is InChI=1S/C24H19F3N2O2/c25-19-8-6-18(15-20(19)26)24(31)29-12-10-28(11-13-29)22-9-7-17(14-21(22)27)23(30)16-4-2-1-3-5-16/h1-9,14-15H,10-13H2. The Morgan fingerprint density at radius 2 is 1.29 bits per heavy atom. The van der Waals surface area contributed by atoms with Gasteiger partial charge in [-0.15, -0.1) is 0 Å². The van der Waals surface area contributed by atoms with Crippen molar-refractivity contribution >= 4 is 17.4 Å². The van der Waals surface area contributed by atoms with Crippen LogP contribution in [0.2, 0.25) is 0 Å². The summed E-state index contributed by atoms with van der Waals surface area (Å²) in [4.78, 5) is 28.4. The van der Waals surface area contributed by atoms with Crippen LogP contribution in [0.25, 0.3) is 0 Å². The quantitative estimate of drug-likeness (QED) is 0.587. The van der Waals surface area contributed by atoms with Crippen LogP contribution in [-0.2, 0) is 0 Å². The van der Waals surface area contributed by atoms with E-state index in [0.29, 0.717) is 37.4 Å². The molecule has 0 atom stereocenters. The first-order valence-electron chi connectivity index (χ1n) is 9.82. The lowest BCUT2D eigenvalue weighted by molar-refractivity contribution is 0.0745. The van der Waals surface area contributed by atoms with Gasteiger partial charge in [-0.05, 0) is 36.4 Å². The minimum atomic E-state index is -1.07. The molecular weight excluding hydrogens is 405 g/mol. The maximum atomic E-state index is 14.8. The Kier molecular flexibility index (Phi) is 5.75. The van der Waals surface area contributed by atoms with Crippen LogP contribution in [0.1, 0.15) is 26.3 Å². The molecule has 0 unspecified atom stereocenters. The molecule has 1 fully saturated rings. The summed E-state index contributed by atoms with van der Waals surface area (Å²) in [6.45, 7) is 1.36. The number of nitrogens with zero attached hydrogens (tertiary/aromatic N) is 2. The summed E-state index contributed by atoms with van der Waals surface area (Å²) in [5.41, 5.74) is 1.17. The molecule has 4 rings (SSSR count). The highest BCUT2D eigenvalue weighted by molar-refractivity contribution is 6.09. The first kappa shape index (κ1) is 20.7. The minimum Gasteiger partial charge on any atom is -0.366 e. The van der Waals surface area contributed by atoms with Crippen LogP contribution in [0, 0.1) is 17.5 Å². The number of carbonyl (C=O) groups is 2. The van der Waals surface area contributed by atoms with Crippen molar-refractivity contribution in [3.8, 4) is 0 Å². The van der Waals surface area contributed by atoms with Crippen LogP contribution in [0.3, 0.4) is 0 Å². The lowest BCUT2D eigenvalue weighted by Crippen LogP contribution is -2.49. The Labute approximate surface area is 177 Å². The van der Waals surface area contributed by atoms with Gasteiger partial charge in [0, 0.05) is 42.9 Å². The van der Waals surface area contributed by atoms with E-state index in [-0.39, 0.29) is 16.9 Å². The third-order valence-electron chi connectivity index (χ3n) is 5.32. The Morgan fingerprint density at radius 3 is 1.94 bits per heavy atom. The molecule has 31 heavy (non-hydrogen) atoms. The number of benzene rings is 3. The molecule has 1 aliphatic rings. The number of hydrogen-bond donors (Lipinski definition) is 0. The van der Waals surface area contributed by atoms with Gasteiger partial charge in [0.25, 0.3) is 5.91 Å². The number of ketones is 1. The predicted octanol–water partition coefficient (Wildman–Crippen LogP) is 4.30. The summed E-state index contributed by atoms with van der Waals surface area (Å²) in [7, 11) is 0. The van der Waals surface area contributed by atoms with Crippen molar-refractivity contribution in [3.63, 3.8) is 0 Å². The number of rotatable bonds is 4. The van der Waals surface area contributed by atoms with Crippen LogP contribution >= 0.6 is 0 Å². The Morgan fingerprint density at radius 1 is 0.645 bits per heavy atom. The van der Waals surface area contributed by atoms with Crippen LogP contribution in [0.4, 0.5) is 18.9 Å². The summed E-state index contributed by atoms with van der Waals surface area (Å²) in [6, 6.07) is 16.1. The molecule has 3 aromatic carbocycles. The van der Waals surface area contributed by atoms with Crippen molar-refractivity contribution in [2.45, 2.75) is 0 Å². The Bertz CT molecular complexity index is 1130. The highest BCUT2D eigenvalue weighted by atomic mass is 19.2. The molecule has 0 N–H and O–H groups in total. The van der Waals surface area contributed by atoms with Gasteiger partial charge in [-0.25, -0.2) is 13.2 Å². The van der Waals surface area contributed by atoms with Gasteiger partial charge in [0.2, 0.25) is 0 Å². The van der Waals surface area contributed by atoms with Crippen LogP contribution in [0.15, 0.2) is 66.7 Å². The highest BCUT2D eigenvalue weighted by Gasteiger charge is 2.25. The van der Waals surface area contributed by atoms with Crippen molar-refractivity contribution in [1.82, 2.24) is 4.90 Å². The lowest BCUT2D eigenvalue weighted by Gasteiger charge is -2.36. The monoisotopic (exact) mass is 424 g/mol. The summed E-state index contributed by atoms with van der Waals surface area (Å²) >= 11 is 0. The third-order valence-corrected chi connectivity index (χ3v) is 5.32. The second kappa shape index (κ2) is 8.63. The largest absolute Gasteiger partial charge is 0.366 e. The molecule has 0 spiro atoms. The van der Waals surface area contributed by atoms with E-state index < -0.39 is 23.4 Å². The lowest BCUT2D eigenvalue weighted by atomic mass is 10.0. The number of hydrogen-bond acceptors (Lipinski definition) is 3. The van der Waals surface area contributed by atoms with Crippen molar-refractivity contribution in [2.75, 3.05) is 31.1 Å². The van der Waals surface area contributed by atoms with Gasteiger partial charge in [0.1, 0.15) is 5.82 Å². The zero-order chi connectivity index (χ0) is 22.0. The van der Waals surface area contributed by atoms with Crippen LogP contribution in [-0.4, -0.2) is 42.8 Å². The van der Waals surface area contributed by atoms with Gasteiger partial charge in [-0.2, -0.15) is 0 Å². The maximum absolute atomic E-state index is 14.8. The molecular formula is C24H19F3N2O2. The van der Waals surface area contributed by atoms with Gasteiger partial charge in [-0.3, -0.25) is 9.59 Å². The van der Waals surface area contributed by atoms with E-state index in [0.717, 1.165) is 12.1 Å². The first-order chi connectivity index (χ1) is 14.9. The fourth-order valence-corrected chi connectivity index (χ4v) is 3.62. The van der Waals surface area contributed by atoms with Crippen molar-refractivity contribution in [2.24, 2.45) is 0 Å². The average molecular weight is 424 g/mol. The zero-order valence-corrected chi connectivity index (χ0v) is 16.5. The Balaban J connectivity index is 1.43. The number of halogens is 3. The topological polar surface area (TPSA) is 40.6 Å². The van der Waals surface area contributed by atoms with E-state index in [2.05, 4.69) is 0 Å². The van der Waals surface area contributed by atoms with E-state index in [1.165, 1.54) is 17.0 Å². The van der Waals surface area contributed by atoms with Crippen LogP contribution < -0.4 is 4.90 Å². The molecule has 158 valence electrons. The van der Waals surface area contributed by atoms with Crippen molar-refractivity contribution in [1.29, 1.82) is 0 Å². The number of carbonyl (C=O) groups excluding carboxylic acids is 2. The van der Waals surface area contributed by atoms with Gasteiger partial charge in [-0.1, -0.05) is 30.3 Å². The molecule has 7 heteroatoms. The van der Waals surface area contributed by atoms with E-state index in [9.17, 15) is 22.8 Å². The third kappa shape index (κ3) is 4.30. The van der Waals surface area contributed by atoms with Gasteiger partial charge in [0.15, 0.2) is 17.4 Å². The second-order valence-electron chi connectivity index (χ2n) is 7.27. The van der Waals surface area contributed by atoms with E-state index >= 15 is 0 Å². The molecule has 0 bridgehead atoms. The van der Waals surface area contributed by atoms with Crippen molar-refractivity contribution < 1.29 is 22.8 Å². The minimum absolute atomic E-state index is 0.0716. The number of anilines is 1. The van der Waals surface area contributed by atoms with Gasteiger partial charge in [0.05, 0.1) is 5.69 Å². The van der Waals surface area contributed by atoms with Crippen molar-refractivity contribution in [3.05, 3.63) is 101 Å². The van der Waals surface area contributed by atoms with Gasteiger partial charge >= 0.3 is 0 Å². The number of amides is 1. The molecule has 1 amide bonds. The van der Waals surface area contributed by atoms with E-state index in [1.54, 1.807) is 47.4 Å². The molecule has 0 aromatic heterocycles. The first-order valence-corrected chi connectivity index (χ1v) is 9.82. The molecule has 1 heterocycles. The van der Waals surface area contributed by atoms with Crippen LogP contribution in [0.5, 0.6) is 0 Å². The normalized spacial score (nSPS) is 13.9. The Hall–Kier alpha value is -3.61. The molecule has 3 aromatic rings.